The molecular weight excluding hydrogens is 402 g/mol. The number of fused-ring (bicyclic) bond motifs is 2. The molecule has 0 bridgehead atoms. The Morgan fingerprint density at radius 3 is 2.72 bits per heavy atom. The highest BCUT2D eigenvalue weighted by atomic mass is 16.7. The van der Waals surface area contributed by atoms with Gasteiger partial charge in [-0.2, -0.15) is 0 Å². The molecule has 4 aliphatic rings. The molecule has 172 valence electrons. The van der Waals surface area contributed by atoms with E-state index in [9.17, 15) is 4.79 Å². The van der Waals surface area contributed by atoms with Crippen molar-refractivity contribution >= 4 is 5.97 Å². The van der Waals surface area contributed by atoms with Gasteiger partial charge in [-0.25, -0.2) is 0 Å². The van der Waals surface area contributed by atoms with Crippen LogP contribution in [0.15, 0.2) is 53.6 Å². The van der Waals surface area contributed by atoms with Gasteiger partial charge in [-0.15, -0.1) is 0 Å². The molecule has 0 spiro atoms. The summed E-state index contributed by atoms with van der Waals surface area (Å²) >= 11 is 0. The summed E-state index contributed by atoms with van der Waals surface area (Å²) in [6.45, 7) is 9.52. The second-order valence-corrected chi connectivity index (χ2v) is 10.6. The van der Waals surface area contributed by atoms with E-state index in [4.69, 9.17) is 14.2 Å². The summed E-state index contributed by atoms with van der Waals surface area (Å²) in [5.74, 6) is -0.781. The predicted octanol–water partition coefficient (Wildman–Crippen LogP) is 4.70. The summed E-state index contributed by atoms with van der Waals surface area (Å²) in [5, 5.41) is 3.61. The lowest BCUT2D eigenvalue weighted by Crippen LogP contribution is -2.52. The van der Waals surface area contributed by atoms with Crippen LogP contribution in [0.2, 0.25) is 0 Å². The number of carbonyl (C=O) groups is 1. The van der Waals surface area contributed by atoms with Crippen LogP contribution < -0.4 is 5.32 Å². The van der Waals surface area contributed by atoms with E-state index in [0.717, 1.165) is 24.8 Å². The lowest BCUT2D eigenvalue weighted by atomic mass is 9.62. The van der Waals surface area contributed by atoms with E-state index in [1.807, 2.05) is 32.0 Å². The fourth-order valence-electron chi connectivity index (χ4n) is 6.05. The molecule has 0 amide bonds. The van der Waals surface area contributed by atoms with Crippen LogP contribution in [0, 0.1) is 17.3 Å². The summed E-state index contributed by atoms with van der Waals surface area (Å²) in [5.41, 5.74) is 4.02. The molecule has 1 aromatic rings. The van der Waals surface area contributed by atoms with Gasteiger partial charge in [0.1, 0.15) is 12.2 Å². The van der Waals surface area contributed by atoms with E-state index in [-0.39, 0.29) is 41.5 Å². The molecule has 0 aromatic heterocycles. The number of carbonyl (C=O) groups excluding carboxylic acids is 1. The Kier molecular flexibility index (Phi) is 5.55. The zero-order chi connectivity index (χ0) is 22.5. The smallest absolute Gasteiger partial charge is 0.311 e. The quantitative estimate of drug-likeness (QED) is 0.692. The Labute approximate surface area is 191 Å². The monoisotopic (exact) mass is 437 g/mol. The SMILES string of the molecule is CC1=CCC[C@]2(C)C[C@H]3OC(=O)[C@H](CN[C@H]4COC(C)(C)O[C@H]4c4ccccc4)[C@H]3C=C12. The fraction of sp³-hybridized carbons (Fsp3) is 0.593. The summed E-state index contributed by atoms with van der Waals surface area (Å²) in [4.78, 5) is 12.9. The molecule has 2 aliphatic carbocycles. The lowest BCUT2D eigenvalue weighted by Gasteiger charge is -2.43. The second kappa shape index (κ2) is 8.12. The van der Waals surface area contributed by atoms with Crippen LogP contribution >= 0.6 is 0 Å². The molecule has 5 rings (SSSR count). The van der Waals surface area contributed by atoms with Gasteiger partial charge in [-0.3, -0.25) is 4.79 Å². The van der Waals surface area contributed by atoms with E-state index in [2.05, 4.69) is 43.4 Å². The summed E-state index contributed by atoms with van der Waals surface area (Å²) in [6.07, 6.45) is 7.69. The van der Waals surface area contributed by atoms with Gasteiger partial charge in [0.2, 0.25) is 0 Å². The molecule has 1 aromatic carbocycles. The van der Waals surface area contributed by atoms with Gasteiger partial charge in [0.15, 0.2) is 5.79 Å². The van der Waals surface area contributed by atoms with Crippen LogP contribution in [0.3, 0.4) is 0 Å². The Bertz CT molecular complexity index is 936. The van der Waals surface area contributed by atoms with Crippen molar-refractivity contribution < 1.29 is 19.0 Å². The normalized spacial score (nSPS) is 38.2. The Balaban J connectivity index is 1.34. The van der Waals surface area contributed by atoms with Crippen molar-refractivity contribution in [2.24, 2.45) is 17.3 Å². The molecule has 2 aliphatic heterocycles. The van der Waals surface area contributed by atoms with Gasteiger partial charge in [-0.05, 0) is 56.6 Å². The molecule has 0 radical (unpaired) electrons. The molecule has 2 fully saturated rings. The summed E-state index contributed by atoms with van der Waals surface area (Å²) in [7, 11) is 0. The van der Waals surface area contributed by atoms with Crippen LogP contribution in [0.5, 0.6) is 0 Å². The third-order valence-electron chi connectivity index (χ3n) is 7.81. The molecule has 0 saturated carbocycles. The highest BCUT2D eigenvalue weighted by molar-refractivity contribution is 5.76. The number of allylic oxidation sites excluding steroid dienone is 3. The van der Waals surface area contributed by atoms with Crippen LogP contribution in [0.4, 0.5) is 0 Å². The standard InChI is InChI=1S/C27H35NO4/c1-17-9-8-12-27(4)14-23-19(13-21(17)27)20(25(29)31-23)15-28-22-16-30-26(2,3)32-24(22)18-10-6-5-7-11-18/h5-7,9-11,13,19-20,22-24,28H,8,12,14-16H2,1-4H3/t19-,20-,22+,23-,24+,27-/m1/s1. The van der Waals surface area contributed by atoms with Crippen molar-refractivity contribution in [1.82, 2.24) is 5.32 Å². The minimum Gasteiger partial charge on any atom is -0.461 e. The van der Waals surface area contributed by atoms with E-state index in [1.54, 1.807) is 0 Å². The Morgan fingerprint density at radius 1 is 1.16 bits per heavy atom. The first-order valence-corrected chi connectivity index (χ1v) is 12.0. The first-order chi connectivity index (χ1) is 15.3. The maximum absolute atomic E-state index is 12.9. The molecular formula is C27H35NO4. The van der Waals surface area contributed by atoms with Gasteiger partial charge in [0, 0.05) is 12.5 Å². The zero-order valence-corrected chi connectivity index (χ0v) is 19.6. The lowest BCUT2D eigenvalue weighted by molar-refractivity contribution is -0.285. The third kappa shape index (κ3) is 3.95. The Hall–Kier alpha value is -1.95. The molecule has 0 unspecified atom stereocenters. The van der Waals surface area contributed by atoms with Crippen molar-refractivity contribution in [3.8, 4) is 0 Å². The highest BCUT2D eigenvalue weighted by Crippen LogP contribution is 2.52. The molecule has 5 heteroatoms. The molecule has 2 saturated heterocycles. The molecule has 32 heavy (non-hydrogen) atoms. The van der Waals surface area contributed by atoms with Crippen LogP contribution in [0.1, 0.15) is 58.6 Å². The number of esters is 1. The molecule has 1 N–H and O–H groups in total. The second-order valence-electron chi connectivity index (χ2n) is 10.6. The van der Waals surface area contributed by atoms with Gasteiger partial charge >= 0.3 is 5.97 Å². The van der Waals surface area contributed by atoms with Crippen LogP contribution in [-0.4, -0.2) is 37.1 Å². The zero-order valence-electron chi connectivity index (χ0n) is 19.6. The molecule has 5 nitrogen and oxygen atoms in total. The minimum atomic E-state index is -0.640. The van der Waals surface area contributed by atoms with Crippen molar-refractivity contribution in [3.05, 3.63) is 59.2 Å². The topological polar surface area (TPSA) is 56.8 Å². The first kappa shape index (κ1) is 21.9. The van der Waals surface area contributed by atoms with Crippen molar-refractivity contribution in [1.29, 1.82) is 0 Å². The number of ether oxygens (including phenoxy) is 3. The maximum atomic E-state index is 12.9. The van der Waals surface area contributed by atoms with E-state index < -0.39 is 5.79 Å². The summed E-state index contributed by atoms with van der Waals surface area (Å²) in [6, 6.07) is 10.2. The van der Waals surface area contributed by atoms with Crippen molar-refractivity contribution in [2.75, 3.05) is 13.2 Å². The number of nitrogens with one attached hydrogen (secondary N) is 1. The number of benzene rings is 1. The van der Waals surface area contributed by atoms with Crippen molar-refractivity contribution in [2.45, 2.75) is 71.0 Å². The van der Waals surface area contributed by atoms with E-state index >= 15 is 0 Å². The van der Waals surface area contributed by atoms with Gasteiger partial charge in [0.05, 0.1) is 18.6 Å². The number of hydrogen-bond acceptors (Lipinski definition) is 5. The van der Waals surface area contributed by atoms with E-state index in [0.29, 0.717) is 13.2 Å². The van der Waals surface area contributed by atoms with Gasteiger partial charge in [0.25, 0.3) is 0 Å². The average molecular weight is 438 g/mol. The maximum Gasteiger partial charge on any atom is 0.311 e. The van der Waals surface area contributed by atoms with Crippen molar-refractivity contribution in [3.63, 3.8) is 0 Å². The first-order valence-electron chi connectivity index (χ1n) is 12.0. The van der Waals surface area contributed by atoms with Gasteiger partial charge in [-0.1, -0.05) is 55.0 Å². The van der Waals surface area contributed by atoms with E-state index in [1.165, 1.54) is 11.1 Å². The Morgan fingerprint density at radius 2 is 1.94 bits per heavy atom. The fourth-order valence-corrected chi connectivity index (χ4v) is 6.05. The largest absolute Gasteiger partial charge is 0.461 e. The number of rotatable bonds is 4. The third-order valence-corrected chi connectivity index (χ3v) is 7.81. The van der Waals surface area contributed by atoms with Crippen LogP contribution in [0.25, 0.3) is 0 Å². The average Bonchev–Trinajstić information content (AvgIpc) is 3.05. The molecule has 6 atom stereocenters. The molecule has 2 heterocycles. The van der Waals surface area contributed by atoms with Gasteiger partial charge < -0.3 is 19.5 Å². The highest BCUT2D eigenvalue weighted by Gasteiger charge is 2.51. The minimum absolute atomic E-state index is 0.0170. The predicted molar refractivity (Wildman–Crippen MR) is 123 cm³/mol. The summed E-state index contributed by atoms with van der Waals surface area (Å²) < 4.78 is 18.2. The van der Waals surface area contributed by atoms with Crippen LogP contribution in [-0.2, 0) is 19.0 Å². The number of hydrogen-bond donors (Lipinski definition) is 1.